The molecule has 2 saturated heterocycles. The Morgan fingerprint density at radius 2 is 1.85 bits per heavy atom. The smallest absolute Gasteiger partial charge is 0.186 e. The van der Waals surface area contributed by atoms with Gasteiger partial charge in [-0.25, -0.2) is 0 Å². The fraction of sp³-hybridized carbons (Fsp3) is 1.00. The third kappa shape index (κ3) is 2.03. The first-order valence-electron chi connectivity index (χ1n) is 5.16. The summed E-state index contributed by atoms with van der Waals surface area (Å²) in [5.74, 6) is 1.22. The number of ether oxygens (including phenoxy) is 2. The highest BCUT2D eigenvalue weighted by Crippen LogP contribution is 2.34. The Morgan fingerprint density at radius 3 is 2.23 bits per heavy atom. The Balaban J connectivity index is 1.66. The predicted octanol–water partition coefficient (Wildman–Crippen LogP) is 1.34. The molecule has 2 fully saturated rings. The van der Waals surface area contributed by atoms with E-state index < -0.39 is 0 Å². The second-order valence-electron chi connectivity index (χ2n) is 4.71. The van der Waals surface area contributed by atoms with E-state index in [-0.39, 0.29) is 12.5 Å². The van der Waals surface area contributed by atoms with E-state index in [4.69, 9.17) is 9.47 Å². The first-order chi connectivity index (χ1) is 6.09. The van der Waals surface area contributed by atoms with Gasteiger partial charge in [0, 0.05) is 0 Å². The van der Waals surface area contributed by atoms with Gasteiger partial charge in [-0.3, -0.25) is 5.32 Å². The first-order valence-corrected chi connectivity index (χ1v) is 5.16. The van der Waals surface area contributed by atoms with Crippen molar-refractivity contribution in [3.8, 4) is 0 Å². The highest BCUT2D eigenvalue weighted by molar-refractivity contribution is 4.95. The fourth-order valence-electron chi connectivity index (χ4n) is 1.64. The van der Waals surface area contributed by atoms with Crippen LogP contribution in [0.15, 0.2) is 0 Å². The van der Waals surface area contributed by atoms with Crippen molar-refractivity contribution in [1.82, 2.24) is 5.32 Å². The molecule has 0 amide bonds. The first kappa shape index (κ1) is 9.44. The Labute approximate surface area is 79.8 Å². The van der Waals surface area contributed by atoms with E-state index in [2.05, 4.69) is 33.0 Å². The van der Waals surface area contributed by atoms with Crippen LogP contribution in [0.1, 0.15) is 27.7 Å². The zero-order valence-electron chi connectivity index (χ0n) is 8.78. The molecule has 2 heterocycles. The number of nitrogens with one attached hydrogen (secondary N) is 1. The van der Waals surface area contributed by atoms with Gasteiger partial charge in [0.05, 0.1) is 6.04 Å². The molecule has 4 atom stereocenters. The molecule has 0 radical (unpaired) electrons. The van der Waals surface area contributed by atoms with E-state index in [0.29, 0.717) is 24.0 Å². The van der Waals surface area contributed by atoms with Crippen LogP contribution in [-0.2, 0) is 9.47 Å². The minimum absolute atomic E-state index is 0.0567. The molecule has 3 nitrogen and oxygen atoms in total. The summed E-state index contributed by atoms with van der Waals surface area (Å²) in [5.41, 5.74) is 0. The summed E-state index contributed by atoms with van der Waals surface area (Å²) in [5, 5.41) is 3.30. The van der Waals surface area contributed by atoms with Gasteiger partial charge < -0.3 is 9.47 Å². The van der Waals surface area contributed by atoms with E-state index in [1.165, 1.54) is 0 Å². The van der Waals surface area contributed by atoms with E-state index in [0.717, 1.165) is 0 Å². The molecule has 0 saturated carbocycles. The lowest BCUT2D eigenvalue weighted by Gasteiger charge is -2.00. The van der Waals surface area contributed by atoms with Crippen molar-refractivity contribution in [1.29, 1.82) is 0 Å². The maximum absolute atomic E-state index is 5.69. The van der Waals surface area contributed by atoms with Crippen LogP contribution in [0.3, 0.4) is 0 Å². The normalized spacial score (nSPS) is 42.9. The Hall–Kier alpha value is -0.120. The Kier molecular flexibility index (Phi) is 2.34. The van der Waals surface area contributed by atoms with Crippen LogP contribution >= 0.6 is 0 Å². The lowest BCUT2D eigenvalue weighted by atomic mass is 10.1. The Bertz CT molecular complexity index is 173. The van der Waals surface area contributed by atoms with Crippen LogP contribution in [0.2, 0.25) is 0 Å². The summed E-state index contributed by atoms with van der Waals surface area (Å²) in [4.78, 5) is 0. The second kappa shape index (κ2) is 3.23. The van der Waals surface area contributed by atoms with Crippen molar-refractivity contribution in [2.45, 2.75) is 52.4 Å². The van der Waals surface area contributed by atoms with Crippen molar-refractivity contribution in [2.75, 3.05) is 0 Å². The SMILES string of the molecule is CC(C)C1NC1OC1OC1C(C)C. The molecule has 76 valence electrons. The van der Waals surface area contributed by atoms with Gasteiger partial charge in [0.15, 0.2) is 6.29 Å². The van der Waals surface area contributed by atoms with Gasteiger partial charge in [-0.15, -0.1) is 0 Å². The quantitative estimate of drug-likeness (QED) is 0.672. The average Bonchev–Trinajstić information content (AvgIpc) is 2.83. The number of hydrogen-bond acceptors (Lipinski definition) is 3. The number of epoxide rings is 1. The molecule has 3 heteroatoms. The molecule has 0 aromatic carbocycles. The number of hydrogen-bond donors (Lipinski definition) is 1. The standard InChI is InChI=1S/C10H19NO2/c1-5(2)7-9(11-7)13-10-8(12-10)6(3)4/h5-11H,1-4H3. The summed E-state index contributed by atoms with van der Waals surface area (Å²) >= 11 is 0. The summed E-state index contributed by atoms with van der Waals surface area (Å²) in [6.45, 7) is 8.73. The molecule has 4 unspecified atom stereocenters. The van der Waals surface area contributed by atoms with Gasteiger partial charge in [0.1, 0.15) is 12.3 Å². The van der Waals surface area contributed by atoms with Crippen LogP contribution in [-0.4, -0.2) is 24.7 Å². The van der Waals surface area contributed by atoms with Crippen LogP contribution in [0, 0.1) is 11.8 Å². The topological polar surface area (TPSA) is 43.7 Å². The molecule has 0 aromatic heterocycles. The molecule has 0 aliphatic carbocycles. The highest BCUT2D eigenvalue weighted by atomic mass is 16.8. The average molecular weight is 185 g/mol. The molecule has 0 spiro atoms. The zero-order chi connectivity index (χ0) is 9.59. The summed E-state index contributed by atoms with van der Waals surface area (Å²) < 4.78 is 11.1. The van der Waals surface area contributed by atoms with Gasteiger partial charge in [0.2, 0.25) is 0 Å². The third-order valence-corrected chi connectivity index (χ3v) is 2.71. The van der Waals surface area contributed by atoms with Crippen molar-refractivity contribution < 1.29 is 9.47 Å². The van der Waals surface area contributed by atoms with Crippen LogP contribution in [0.25, 0.3) is 0 Å². The molecule has 2 aliphatic rings. The highest BCUT2D eigenvalue weighted by Gasteiger charge is 2.49. The van der Waals surface area contributed by atoms with Gasteiger partial charge in [-0.05, 0) is 11.8 Å². The minimum Gasteiger partial charge on any atom is -0.341 e. The molecular weight excluding hydrogens is 166 g/mol. The maximum Gasteiger partial charge on any atom is 0.186 e. The lowest BCUT2D eigenvalue weighted by molar-refractivity contribution is 0.0297. The van der Waals surface area contributed by atoms with E-state index in [1.807, 2.05) is 0 Å². The van der Waals surface area contributed by atoms with Gasteiger partial charge in [-0.2, -0.15) is 0 Å². The van der Waals surface area contributed by atoms with Crippen molar-refractivity contribution >= 4 is 0 Å². The summed E-state index contributed by atoms with van der Waals surface area (Å²) in [6.07, 6.45) is 0.630. The molecule has 0 bridgehead atoms. The minimum atomic E-state index is 0.0567. The molecule has 2 rings (SSSR count). The molecule has 0 aromatic rings. The van der Waals surface area contributed by atoms with Crippen LogP contribution in [0.5, 0.6) is 0 Å². The third-order valence-electron chi connectivity index (χ3n) is 2.71. The van der Waals surface area contributed by atoms with Gasteiger partial charge in [0.25, 0.3) is 0 Å². The fourth-order valence-corrected chi connectivity index (χ4v) is 1.64. The molecule has 1 N–H and O–H groups in total. The van der Waals surface area contributed by atoms with Crippen LogP contribution < -0.4 is 5.32 Å². The van der Waals surface area contributed by atoms with Crippen LogP contribution in [0.4, 0.5) is 0 Å². The lowest BCUT2D eigenvalue weighted by Crippen LogP contribution is -2.11. The van der Waals surface area contributed by atoms with E-state index in [9.17, 15) is 0 Å². The second-order valence-corrected chi connectivity index (χ2v) is 4.71. The Morgan fingerprint density at radius 1 is 1.15 bits per heavy atom. The van der Waals surface area contributed by atoms with Crippen molar-refractivity contribution in [3.05, 3.63) is 0 Å². The van der Waals surface area contributed by atoms with E-state index >= 15 is 0 Å². The summed E-state index contributed by atoms with van der Waals surface area (Å²) in [7, 11) is 0. The van der Waals surface area contributed by atoms with Crippen molar-refractivity contribution in [3.63, 3.8) is 0 Å². The number of rotatable bonds is 4. The molecular formula is C10H19NO2. The molecule has 2 aliphatic heterocycles. The zero-order valence-corrected chi connectivity index (χ0v) is 8.78. The van der Waals surface area contributed by atoms with Crippen molar-refractivity contribution in [2.24, 2.45) is 11.8 Å². The predicted molar refractivity (Wildman–Crippen MR) is 50.1 cm³/mol. The van der Waals surface area contributed by atoms with E-state index in [1.54, 1.807) is 0 Å². The van der Waals surface area contributed by atoms with Gasteiger partial charge in [-0.1, -0.05) is 27.7 Å². The summed E-state index contributed by atoms with van der Waals surface area (Å²) in [6, 6.07) is 0.539. The van der Waals surface area contributed by atoms with Gasteiger partial charge >= 0.3 is 0 Å². The maximum atomic E-state index is 5.69. The monoisotopic (exact) mass is 185 g/mol. The molecule has 13 heavy (non-hydrogen) atoms. The largest absolute Gasteiger partial charge is 0.341 e.